The van der Waals surface area contributed by atoms with Crippen LogP contribution in [0.25, 0.3) is 0 Å². The number of rotatable bonds is 1. The van der Waals surface area contributed by atoms with E-state index in [0.29, 0.717) is 20.4 Å². The number of halogens is 1. The second kappa shape index (κ2) is 4.79. The van der Waals surface area contributed by atoms with Crippen LogP contribution in [0.15, 0.2) is 0 Å². The van der Waals surface area contributed by atoms with Crippen LogP contribution >= 0.6 is 4.95 Å². The third kappa shape index (κ3) is 11.5. The van der Waals surface area contributed by atoms with E-state index in [-0.39, 0.29) is 28.9 Å². The van der Waals surface area contributed by atoms with Gasteiger partial charge in [-0.2, -0.15) is 0 Å². The summed E-state index contributed by atoms with van der Waals surface area (Å²) in [5.41, 5.74) is 0. The molecule has 7 heavy (non-hydrogen) atoms. The summed E-state index contributed by atoms with van der Waals surface area (Å²) in [6, 6.07) is 0. The molecule has 3 heteroatoms. The van der Waals surface area contributed by atoms with Crippen LogP contribution in [-0.2, 0) is 0 Å². The van der Waals surface area contributed by atoms with Crippen molar-refractivity contribution in [2.75, 3.05) is 20.0 Å². The van der Waals surface area contributed by atoms with E-state index >= 15 is 0 Å². The predicted molar refractivity (Wildman–Crippen MR) is 36.3 cm³/mol. The van der Waals surface area contributed by atoms with Crippen LogP contribution < -0.4 is 24.0 Å². The van der Waals surface area contributed by atoms with Gasteiger partial charge in [-0.15, -0.1) is 0 Å². The second-order valence-electron chi connectivity index (χ2n) is 2.07. The van der Waals surface area contributed by atoms with Crippen molar-refractivity contribution in [1.29, 1.82) is 0 Å². The molecule has 46 valence electrons. The monoisotopic (exact) mass is 348 g/mol. The maximum absolute atomic E-state index is 2.41. The van der Waals surface area contributed by atoms with E-state index in [0.717, 1.165) is 0 Å². The zero-order valence-corrected chi connectivity index (χ0v) is 10.6. The summed E-state index contributed by atoms with van der Waals surface area (Å²) in [6.07, 6.45) is 0. The zero-order chi connectivity index (χ0) is 5.21. The average molecular weight is 346 g/mol. The van der Waals surface area contributed by atoms with Crippen molar-refractivity contribution >= 4 is 25.3 Å². The van der Waals surface area contributed by atoms with Gasteiger partial charge in [0.25, 0.3) is 0 Å². The van der Waals surface area contributed by atoms with Gasteiger partial charge >= 0.3 is 50.3 Å². The summed E-state index contributed by atoms with van der Waals surface area (Å²) in [4.78, 5) is 2.12. The molecule has 0 atom stereocenters. The zero-order valence-electron chi connectivity index (χ0n) is 5.23. The Morgan fingerprint density at radius 1 is 1.14 bits per heavy atom. The molecule has 0 fully saturated rings. The Morgan fingerprint density at radius 3 is 1.29 bits per heavy atom. The molecule has 0 heterocycles. The predicted octanol–water partition coefficient (Wildman–Crippen LogP) is -1.44. The molecule has 0 saturated heterocycles. The Morgan fingerprint density at radius 2 is 1.29 bits per heavy atom. The fourth-order valence-electron chi connectivity index (χ4n) is 0. The van der Waals surface area contributed by atoms with Crippen LogP contribution in [0.3, 0.4) is 0 Å². The second-order valence-corrected chi connectivity index (χ2v) is 18.7. The van der Waals surface area contributed by atoms with Crippen LogP contribution in [0.5, 0.6) is 0 Å². The van der Waals surface area contributed by atoms with Crippen molar-refractivity contribution in [1.82, 2.24) is 0 Å². The van der Waals surface area contributed by atoms with Crippen molar-refractivity contribution in [2.24, 2.45) is 0 Å². The standard InChI is InChI=1S/C4H12PTe.HI/c1-5(2,3)6-4;/h1-4H3;1H/q+1;/p-1. The Kier molecular flexibility index (Phi) is 8.02. The van der Waals surface area contributed by atoms with Gasteiger partial charge in [-0.3, -0.25) is 0 Å². The fraction of sp³-hybridized carbons (Fsp3) is 1.00. The molecule has 0 aliphatic rings. The first-order chi connectivity index (χ1) is 2.56. The van der Waals surface area contributed by atoms with Crippen molar-refractivity contribution in [2.45, 2.75) is 4.97 Å². The largest absolute Gasteiger partial charge is 1.00 e. The Balaban J connectivity index is 0. The van der Waals surface area contributed by atoms with Crippen molar-refractivity contribution in [3.05, 3.63) is 0 Å². The molecule has 0 N–H and O–H groups in total. The maximum Gasteiger partial charge on any atom is -1.00 e. The molecule has 0 nitrogen and oxygen atoms in total. The maximum atomic E-state index is 2.41. The summed E-state index contributed by atoms with van der Waals surface area (Å²) in [5, 5.41) is 0. The molecule has 0 rings (SSSR count). The van der Waals surface area contributed by atoms with E-state index < -0.39 is 0 Å². The van der Waals surface area contributed by atoms with Crippen LogP contribution in [-0.4, -0.2) is 40.4 Å². The van der Waals surface area contributed by atoms with Gasteiger partial charge in [0.05, 0.1) is 0 Å². The van der Waals surface area contributed by atoms with Gasteiger partial charge in [0, 0.05) is 0 Å². The Labute approximate surface area is 73.6 Å². The minimum atomic E-state index is -0.267. The van der Waals surface area contributed by atoms with E-state index in [1.807, 2.05) is 0 Å². The smallest absolute Gasteiger partial charge is 1.00 e. The first-order valence-corrected chi connectivity index (χ1v) is 10.4. The Hall–Kier alpha value is 1.95. The molecule has 0 radical (unpaired) electrons. The van der Waals surface area contributed by atoms with Crippen LogP contribution in [0.1, 0.15) is 0 Å². The van der Waals surface area contributed by atoms with Gasteiger partial charge in [-0.05, 0) is 0 Å². The van der Waals surface area contributed by atoms with E-state index in [4.69, 9.17) is 0 Å². The van der Waals surface area contributed by atoms with Crippen LogP contribution in [0, 0.1) is 0 Å². The molecule has 0 amide bonds. The summed E-state index contributed by atoms with van der Waals surface area (Å²) in [6.45, 7) is 7.24. The summed E-state index contributed by atoms with van der Waals surface area (Å²) >= 11 is 0.429. The summed E-state index contributed by atoms with van der Waals surface area (Å²) in [7, 11) is 0. The molecule has 0 aliphatic heterocycles. The first kappa shape index (κ1) is 11.7. The topological polar surface area (TPSA) is 0 Å². The van der Waals surface area contributed by atoms with E-state index in [1.54, 1.807) is 0 Å². The summed E-state index contributed by atoms with van der Waals surface area (Å²) in [5.74, 6) is 0. The third-order valence-corrected chi connectivity index (χ3v) is 11.0. The van der Waals surface area contributed by atoms with Gasteiger partial charge in [0.15, 0.2) is 0 Å². The van der Waals surface area contributed by atoms with E-state index in [2.05, 4.69) is 25.0 Å². The third-order valence-electron chi connectivity index (χ3n) is 0.548. The van der Waals surface area contributed by atoms with Gasteiger partial charge in [-0.1, -0.05) is 0 Å². The number of hydrogen-bond acceptors (Lipinski definition) is 0. The van der Waals surface area contributed by atoms with E-state index in [9.17, 15) is 0 Å². The van der Waals surface area contributed by atoms with Crippen molar-refractivity contribution in [3.8, 4) is 0 Å². The molecule has 0 aromatic carbocycles. The fourth-order valence-corrected chi connectivity index (χ4v) is 0. The minimum absolute atomic E-state index is 0. The summed E-state index contributed by atoms with van der Waals surface area (Å²) < 4.78 is 0. The molecule has 0 unspecified atom stereocenters. The number of hydrogen-bond donors (Lipinski definition) is 0. The molecular weight excluding hydrogens is 334 g/mol. The van der Waals surface area contributed by atoms with Gasteiger partial charge < -0.3 is 24.0 Å². The van der Waals surface area contributed by atoms with Crippen LogP contribution in [0.2, 0.25) is 4.97 Å². The van der Waals surface area contributed by atoms with Gasteiger partial charge in [0.2, 0.25) is 0 Å². The van der Waals surface area contributed by atoms with Gasteiger partial charge in [-0.25, -0.2) is 0 Å². The molecule has 0 aliphatic carbocycles. The molecule has 0 bridgehead atoms. The van der Waals surface area contributed by atoms with Crippen molar-refractivity contribution in [3.63, 3.8) is 0 Å². The Bertz CT molecular complexity index is 41.4. The minimum Gasteiger partial charge on any atom is -1.00 e. The van der Waals surface area contributed by atoms with Gasteiger partial charge in [0.1, 0.15) is 0 Å². The molecule has 0 saturated carbocycles. The van der Waals surface area contributed by atoms with Crippen LogP contribution in [0.4, 0.5) is 0 Å². The molecule has 0 aromatic heterocycles. The normalized spacial score (nSPS) is 10.3. The quantitative estimate of drug-likeness (QED) is 0.310. The first-order valence-electron chi connectivity index (χ1n) is 1.93. The molecular formula is C4H12IPTe. The van der Waals surface area contributed by atoms with E-state index in [1.165, 1.54) is 0 Å². The molecule has 0 aromatic rings. The SMILES string of the molecule is C[Te][P+](C)(C)C.[I-]. The van der Waals surface area contributed by atoms with Crippen molar-refractivity contribution < 1.29 is 24.0 Å². The average Bonchev–Trinajstić information content (AvgIpc) is 1.35. The molecule has 0 spiro atoms.